The van der Waals surface area contributed by atoms with Gasteiger partial charge in [-0.05, 0) is 23.8 Å². The summed E-state index contributed by atoms with van der Waals surface area (Å²) < 4.78 is 1.09. The number of rotatable bonds is 3. The van der Waals surface area contributed by atoms with Gasteiger partial charge in [0.05, 0.1) is 10.2 Å². The molecule has 1 aliphatic heterocycles. The summed E-state index contributed by atoms with van der Waals surface area (Å²) in [5.74, 6) is 0.459. The van der Waals surface area contributed by atoms with Crippen molar-refractivity contribution in [2.24, 2.45) is 5.92 Å². The number of aromatic nitrogens is 2. The highest BCUT2D eigenvalue weighted by Crippen LogP contribution is 2.31. The lowest BCUT2D eigenvalue weighted by atomic mass is 10.1. The minimum absolute atomic E-state index is 0.229. The van der Waals surface area contributed by atoms with Crippen LogP contribution < -0.4 is 4.90 Å². The zero-order valence-electron chi connectivity index (χ0n) is 9.74. The molecular weight excluding hydrogens is 250 g/mol. The lowest BCUT2D eigenvalue weighted by Crippen LogP contribution is -2.21. The number of carboxylic acid groups (broad SMARTS) is 1. The number of aliphatic carboxylic acids is 1. The number of anilines is 1. The predicted molar refractivity (Wildman–Crippen MR) is 70.0 cm³/mol. The zero-order chi connectivity index (χ0) is 12.5. The fourth-order valence-electron chi connectivity index (χ4n) is 2.44. The van der Waals surface area contributed by atoms with E-state index in [1.165, 1.54) is 0 Å². The molecule has 1 saturated heterocycles. The number of carboxylic acids is 1. The van der Waals surface area contributed by atoms with Crippen molar-refractivity contribution in [3.63, 3.8) is 0 Å². The van der Waals surface area contributed by atoms with Crippen LogP contribution in [0.15, 0.2) is 17.8 Å². The van der Waals surface area contributed by atoms with E-state index in [2.05, 4.69) is 14.9 Å². The summed E-state index contributed by atoms with van der Waals surface area (Å²) in [6.07, 6.45) is 2.74. The average Bonchev–Trinajstić information content (AvgIpc) is 2.95. The normalized spacial score (nSPS) is 19.6. The number of hydrogen-bond donors (Lipinski definition) is 1. The van der Waals surface area contributed by atoms with Gasteiger partial charge in [-0.25, -0.2) is 9.97 Å². The number of fused-ring (bicyclic) bond motifs is 1. The van der Waals surface area contributed by atoms with Crippen LogP contribution in [0.5, 0.6) is 0 Å². The molecule has 2 aromatic rings. The van der Waals surface area contributed by atoms with Gasteiger partial charge in [0.1, 0.15) is 12.1 Å². The maximum atomic E-state index is 10.7. The van der Waals surface area contributed by atoms with Crippen molar-refractivity contribution in [1.29, 1.82) is 0 Å². The highest BCUT2D eigenvalue weighted by atomic mass is 32.1. The van der Waals surface area contributed by atoms with Crippen LogP contribution in [0, 0.1) is 5.92 Å². The molecule has 1 atom stereocenters. The Bertz CT molecular complexity index is 583. The van der Waals surface area contributed by atoms with Crippen LogP contribution in [0.25, 0.3) is 10.2 Å². The van der Waals surface area contributed by atoms with Crippen molar-refractivity contribution < 1.29 is 9.90 Å². The smallest absolute Gasteiger partial charge is 0.303 e. The molecule has 0 aliphatic carbocycles. The molecule has 0 amide bonds. The molecule has 18 heavy (non-hydrogen) atoms. The van der Waals surface area contributed by atoms with Crippen molar-refractivity contribution in [3.05, 3.63) is 17.8 Å². The van der Waals surface area contributed by atoms with E-state index in [-0.39, 0.29) is 12.3 Å². The van der Waals surface area contributed by atoms with Crippen LogP contribution >= 0.6 is 11.3 Å². The Balaban J connectivity index is 1.84. The van der Waals surface area contributed by atoms with Crippen LogP contribution in [0.3, 0.4) is 0 Å². The Morgan fingerprint density at radius 1 is 1.56 bits per heavy atom. The van der Waals surface area contributed by atoms with E-state index >= 15 is 0 Å². The Labute approximate surface area is 108 Å². The molecule has 3 rings (SSSR count). The van der Waals surface area contributed by atoms with Gasteiger partial charge in [0, 0.05) is 19.5 Å². The standard InChI is InChI=1S/C12H13N3O2S/c16-10(17)5-8-1-3-15(6-8)12-11-9(2-4-18-11)13-7-14-12/h2,4,7-8H,1,3,5-6H2,(H,16,17). The van der Waals surface area contributed by atoms with Gasteiger partial charge in [-0.1, -0.05) is 0 Å². The molecule has 0 aromatic carbocycles. The fraction of sp³-hybridized carbons (Fsp3) is 0.417. The highest BCUT2D eigenvalue weighted by molar-refractivity contribution is 7.17. The average molecular weight is 263 g/mol. The maximum Gasteiger partial charge on any atom is 0.303 e. The summed E-state index contributed by atoms with van der Waals surface area (Å²) in [7, 11) is 0. The summed E-state index contributed by atoms with van der Waals surface area (Å²) in [5.41, 5.74) is 0.965. The first-order chi connectivity index (χ1) is 8.74. The van der Waals surface area contributed by atoms with Crippen molar-refractivity contribution in [1.82, 2.24) is 9.97 Å². The third kappa shape index (κ3) is 2.03. The SMILES string of the molecule is O=C(O)CC1CCN(c2ncnc3ccsc23)C1. The zero-order valence-corrected chi connectivity index (χ0v) is 10.6. The number of hydrogen-bond acceptors (Lipinski definition) is 5. The summed E-state index contributed by atoms with van der Waals surface area (Å²) in [6, 6.07) is 1.98. The third-order valence-corrected chi connectivity index (χ3v) is 4.17. The fourth-order valence-corrected chi connectivity index (χ4v) is 3.30. The van der Waals surface area contributed by atoms with Crippen molar-refractivity contribution in [2.45, 2.75) is 12.8 Å². The van der Waals surface area contributed by atoms with Crippen LogP contribution in [-0.2, 0) is 4.79 Å². The minimum atomic E-state index is -0.717. The van der Waals surface area contributed by atoms with Crippen molar-refractivity contribution in [3.8, 4) is 0 Å². The largest absolute Gasteiger partial charge is 0.481 e. The Kier molecular flexibility index (Phi) is 2.87. The van der Waals surface area contributed by atoms with Gasteiger partial charge < -0.3 is 10.0 Å². The van der Waals surface area contributed by atoms with E-state index in [0.717, 1.165) is 35.5 Å². The molecule has 6 heteroatoms. The molecule has 0 radical (unpaired) electrons. The highest BCUT2D eigenvalue weighted by Gasteiger charge is 2.26. The summed E-state index contributed by atoms with van der Waals surface area (Å²) >= 11 is 1.63. The molecule has 0 spiro atoms. The second kappa shape index (κ2) is 4.53. The van der Waals surface area contributed by atoms with Gasteiger partial charge in [-0.2, -0.15) is 0 Å². The molecule has 94 valence electrons. The summed E-state index contributed by atoms with van der Waals surface area (Å²) in [6.45, 7) is 1.65. The van der Waals surface area contributed by atoms with E-state index in [4.69, 9.17) is 5.11 Å². The first-order valence-corrected chi connectivity index (χ1v) is 6.77. The van der Waals surface area contributed by atoms with Crippen molar-refractivity contribution in [2.75, 3.05) is 18.0 Å². The van der Waals surface area contributed by atoms with Gasteiger partial charge in [-0.15, -0.1) is 11.3 Å². The second-order valence-corrected chi connectivity index (χ2v) is 5.45. The molecule has 0 bridgehead atoms. The van der Waals surface area contributed by atoms with Crippen molar-refractivity contribution >= 4 is 33.3 Å². The second-order valence-electron chi connectivity index (χ2n) is 4.53. The van der Waals surface area contributed by atoms with E-state index < -0.39 is 5.97 Å². The first-order valence-electron chi connectivity index (χ1n) is 5.89. The van der Waals surface area contributed by atoms with Gasteiger partial charge in [0.2, 0.25) is 0 Å². The van der Waals surface area contributed by atoms with Gasteiger partial charge in [-0.3, -0.25) is 4.79 Å². The summed E-state index contributed by atoms with van der Waals surface area (Å²) in [4.78, 5) is 21.5. The molecule has 3 heterocycles. The molecule has 0 saturated carbocycles. The molecule has 2 aromatic heterocycles. The first kappa shape index (κ1) is 11.4. The number of nitrogens with zero attached hydrogens (tertiary/aromatic N) is 3. The van der Waals surface area contributed by atoms with E-state index in [1.54, 1.807) is 17.7 Å². The van der Waals surface area contributed by atoms with E-state index in [0.29, 0.717) is 0 Å². The quantitative estimate of drug-likeness (QED) is 0.917. The van der Waals surface area contributed by atoms with Crippen LogP contribution in [0.2, 0.25) is 0 Å². The third-order valence-electron chi connectivity index (χ3n) is 3.27. The Morgan fingerprint density at radius 2 is 2.44 bits per heavy atom. The Morgan fingerprint density at radius 3 is 3.28 bits per heavy atom. The van der Waals surface area contributed by atoms with Crippen LogP contribution in [0.4, 0.5) is 5.82 Å². The van der Waals surface area contributed by atoms with Crippen LogP contribution in [-0.4, -0.2) is 34.1 Å². The maximum absolute atomic E-state index is 10.7. The number of carbonyl (C=O) groups is 1. The topological polar surface area (TPSA) is 66.3 Å². The number of thiophene rings is 1. The molecular formula is C12H13N3O2S. The Hall–Kier alpha value is -1.69. The minimum Gasteiger partial charge on any atom is -0.481 e. The molecule has 1 unspecified atom stereocenters. The van der Waals surface area contributed by atoms with E-state index in [1.807, 2.05) is 11.4 Å². The molecule has 1 fully saturated rings. The molecule has 5 nitrogen and oxygen atoms in total. The predicted octanol–water partition coefficient (Wildman–Crippen LogP) is 1.99. The van der Waals surface area contributed by atoms with Crippen LogP contribution in [0.1, 0.15) is 12.8 Å². The van der Waals surface area contributed by atoms with Gasteiger partial charge >= 0.3 is 5.97 Å². The van der Waals surface area contributed by atoms with Gasteiger partial charge in [0.15, 0.2) is 0 Å². The van der Waals surface area contributed by atoms with E-state index in [9.17, 15) is 4.79 Å². The lowest BCUT2D eigenvalue weighted by Gasteiger charge is -2.17. The lowest BCUT2D eigenvalue weighted by molar-refractivity contribution is -0.137. The van der Waals surface area contributed by atoms with Gasteiger partial charge in [0.25, 0.3) is 0 Å². The molecule has 1 aliphatic rings. The monoisotopic (exact) mass is 263 g/mol. The molecule has 1 N–H and O–H groups in total. The summed E-state index contributed by atoms with van der Waals surface area (Å²) in [5, 5.41) is 10.8.